The fourth-order valence-corrected chi connectivity index (χ4v) is 6.06. The van der Waals surface area contributed by atoms with Crippen molar-refractivity contribution in [1.29, 1.82) is 0 Å². The minimum absolute atomic E-state index is 0.222. The smallest absolute Gasteiger partial charge is 0.344 e. The highest BCUT2D eigenvalue weighted by atomic mass is 16.5. The Morgan fingerprint density at radius 2 is 1.00 bits per heavy atom. The van der Waals surface area contributed by atoms with Gasteiger partial charge in [-0.15, -0.1) is 0 Å². The Balaban J connectivity index is 1.50. The summed E-state index contributed by atoms with van der Waals surface area (Å²) in [5.41, 5.74) is 6.45. The quantitative estimate of drug-likeness (QED) is 0.192. The Morgan fingerprint density at radius 1 is 0.625 bits per heavy atom. The number of cyclic esters (lactones) is 2. The molecule has 0 saturated heterocycles. The number of ether oxygens (including phenoxy) is 2. The summed E-state index contributed by atoms with van der Waals surface area (Å²) in [7, 11) is 0. The van der Waals surface area contributed by atoms with Crippen molar-refractivity contribution in [3.63, 3.8) is 0 Å². The molecule has 2 aromatic carbocycles. The summed E-state index contributed by atoms with van der Waals surface area (Å²) < 4.78 is 16.1. The van der Waals surface area contributed by atoms with Crippen LogP contribution >= 0.6 is 0 Å². The van der Waals surface area contributed by atoms with E-state index < -0.39 is 11.9 Å². The zero-order chi connectivity index (χ0) is 28.3. The van der Waals surface area contributed by atoms with E-state index in [4.69, 9.17) is 9.47 Å². The predicted octanol–water partition coefficient (Wildman–Crippen LogP) is 7.32. The van der Waals surface area contributed by atoms with Crippen molar-refractivity contribution in [2.24, 2.45) is 11.8 Å². The molecule has 2 aliphatic rings. The molecule has 0 radical (unpaired) electrons. The van der Waals surface area contributed by atoms with Gasteiger partial charge in [-0.25, -0.2) is 9.59 Å². The third-order valence-corrected chi connectivity index (χ3v) is 7.70. The molecule has 0 spiro atoms. The summed E-state index contributed by atoms with van der Waals surface area (Å²) in [4.78, 5) is 26.5. The van der Waals surface area contributed by atoms with Crippen LogP contribution in [0.15, 0.2) is 71.8 Å². The van der Waals surface area contributed by atoms with Gasteiger partial charge < -0.3 is 18.6 Å². The summed E-state index contributed by atoms with van der Waals surface area (Å²) in [6, 6.07) is 16.4. The second kappa shape index (κ2) is 9.70. The van der Waals surface area contributed by atoms with Gasteiger partial charge in [0.05, 0.1) is 22.5 Å². The molecule has 6 heteroatoms. The number of hydrogen-bond acceptors (Lipinski definition) is 4. The van der Waals surface area contributed by atoms with Crippen LogP contribution in [0.4, 0.5) is 0 Å². The van der Waals surface area contributed by atoms with E-state index in [2.05, 4.69) is 61.1 Å². The fraction of sp³-hybridized carbons (Fsp3) is 0.294. The Bertz CT molecular complexity index is 1670. The number of carbonyl (C=O) groups is 2. The summed E-state index contributed by atoms with van der Waals surface area (Å²) in [6.07, 6.45) is 3.40. The topological polar surface area (TPSA) is 62.5 Å². The average Bonchev–Trinajstić information content (AvgIpc) is 3.62. The van der Waals surface area contributed by atoms with Crippen LogP contribution < -0.4 is 0 Å². The number of aryl methyl sites for hydroxylation is 2. The van der Waals surface area contributed by atoms with Gasteiger partial charge in [0.15, 0.2) is 11.5 Å². The van der Waals surface area contributed by atoms with Crippen LogP contribution in [0.1, 0.15) is 50.2 Å². The second-order valence-electron chi connectivity index (χ2n) is 11.6. The van der Waals surface area contributed by atoms with Crippen molar-refractivity contribution < 1.29 is 19.1 Å². The summed E-state index contributed by atoms with van der Waals surface area (Å²) >= 11 is 0. The van der Waals surface area contributed by atoms with Crippen molar-refractivity contribution in [2.75, 3.05) is 0 Å². The molecule has 204 valence electrons. The number of nitrogens with zero attached hydrogens (tertiary/aromatic N) is 2. The maximum atomic E-state index is 13.2. The lowest BCUT2D eigenvalue weighted by molar-refractivity contribution is -0.133. The molecule has 40 heavy (non-hydrogen) atoms. The molecular formula is C34H34N2O4. The van der Waals surface area contributed by atoms with E-state index >= 15 is 0 Å². The molecule has 0 saturated carbocycles. The number of fused-ring (bicyclic) bond motifs is 2. The number of benzene rings is 2. The molecule has 2 aromatic heterocycles. The zero-order valence-corrected chi connectivity index (χ0v) is 23.9. The Labute approximate surface area is 234 Å². The summed E-state index contributed by atoms with van der Waals surface area (Å²) in [5.74, 6) is 0.615. The van der Waals surface area contributed by atoms with Crippen molar-refractivity contribution in [3.8, 4) is 0 Å². The van der Waals surface area contributed by atoms with Gasteiger partial charge in [0, 0.05) is 34.9 Å². The first-order chi connectivity index (χ1) is 19.2. The molecule has 4 heterocycles. The molecule has 6 nitrogen and oxygen atoms in total. The van der Waals surface area contributed by atoms with Gasteiger partial charge in [-0.1, -0.05) is 64.1 Å². The SMILES string of the molecule is Cc1c(C2=C/C(=C3/C=C(c4c(C)c5ccccc5n4CC(C)C)OC3=O)C(=O)O2)n(CC(C)C)c2ccccc12. The van der Waals surface area contributed by atoms with Gasteiger partial charge >= 0.3 is 11.9 Å². The largest absolute Gasteiger partial charge is 0.421 e. The van der Waals surface area contributed by atoms with Crippen molar-refractivity contribution in [3.05, 3.63) is 94.3 Å². The van der Waals surface area contributed by atoms with Crippen LogP contribution in [0.3, 0.4) is 0 Å². The molecule has 6 rings (SSSR count). The van der Waals surface area contributed by atoms with Gasteiger partial charge in [0.1, 0.15) is 0 Å². The monoisotopic (exact) mass is 534 g/mol. The normalized spacial score (nSPS) is 17.4. The third kappa shape index (κ3) is 4.10. The molecular weight excluding hydrogens is 500 g/mol. The molecule has 0 N–H and O–H groups in total. The minimum Gasteiger partial charge on any atom is -0.421 e. The number of para-hydroxylation sites is 2. The highest BCUT2D eigenvalue weighted by molar-refractivity contribution is 6.13. The number of hydrogen-bond donors (Lipinski definition) is 0. The Kier molecular flexibility index (Phi) is 6.29. The molecule has 2 aliphatic heterocycles. The molecule has 4 aromatic rings. The molecule has 0 aliphatic carbocycles. The second-order valence-corrected chi connectivity index (χ2v) is 11.6. The molecule has 0 atom stereocenters. The number of esters is 2. The van der Waals surface area contributed by atoms with Gasteiger partial charge in [0.2, 0.25) is 0 Å². The van der Waals surface area contributed by atoms with E-state index in [1.54, 1.807) is 12.2 Å². The van der Waals surface area contributed by atoms with E-state index in [1.165, 1.54) is 0 Å². The Hall–Kier alpha value is -4.32. The highest BCUT2D eigenvalue weighted by Gasteiger charge is 2.35. The van der Waals surface area contributed by atoms with E-state index in [9.17, 15) is 9.59 Å². The molecule has 0 amide bonds. The molecule has 0 bridgehead atoms. The van der Waals surface area contributed by atoms with Gasteiger partial charge in [-0.2, -0.15) is 0 Å². The van der Waals surface area contributed by atoms with E-state index in [0.717, 1.165) is 57.4 Å². The lowest BCUT2D eigenvalue weighted by atomic mass is 10.1. The lowest BCUT2D eigenvalue weighted by Crippen LogP contribution is -2.09. The molecule has 0 unspecified atom stereocenters. The average molecular weight is 535 g/mol. The first-order valence-electron chi connectivity index (χ1n) is 13.9. The van der Waals surface area contributed by atoms with Crippen molar-refractivity contribution >= 4 is 45.3 Å². The van der Waals surface area contributed by atoms with Gasteiger partial charge in [-0.05, 0) is 61.1 Å². The van der Waals surface area contributed by atoms with E-state index in [1.807, 2.05) is 38.1 Å². The highest BCUT2D eigenvalue weighted by Crippen LogP contribution is 2.40. The first-order valence-corrected chi connectivity index (χ1v) is 13.9. The lowest BCUT2D eigenvalue weighted by Gasteiger charge is -2.14. The number of carbonyl (C=O) groups excluding carboxylic acids is 2. The standard InChI is InChI=1S/C34H34N2O4/c1-19(2)17-35-27-13-9-7-11-23(27)21(5)31(35)29-15-25(33(37)39-29)26-16-30(40-34(26)38)32-22(6)24-12-8-10-14-28(24)36(32)18-20(3)4/h7-16,19-20H,17-18H2,1-6H3/b26-25+. The van der Waals surface area contributed by atoms with Crippen LogP contribution in [0.5, 0.6) is 0 Å². The van der Waals surface area contributed by atoms with Crippen molar-refractivity contribution in [1.82, 2.24) is 9.13 Å². The van der Waals surface area contributed by atoms with Crippen molar-refractivity contribution in [2.45, 2.75) is 54.6 Å². The van der Waals surface area contributed by atoms with Crippen LogP contribution in [-0.4, -0.2) is 21.1 Å². The summed E-state index contributed by atoms with van der Waals surface area (Å²) in [6.45, 7) is 14.3. The molecule has 0 fully saturated rings. The Morgan fingerprint density at radius 3 is 1.38 bits per heavy atom. The van der Waals surface area contributed by atoms with Crippen LogP contribution in [0, 0.1) is 25.7 Å². The minimum atomic E-state index is -0.542. The van der Waals surface area contributed by atoms with Crippen LogP contribution in [0.25, 0.3) is 33.3 Å². The number of rotatable bonds is 6. The number of aromatic nitrogens is 2. The van der Waals surface area contributed by atoms with Gasteiger partial charge in [-0.3, -0.25) is 0 Å². The fourth-order valence-electron chi connectivity index (χ4n) is 6.06. The van der Waals surface area contributed by atoms with Crippen LogP contribution in [-0.2, 0) is 32.2 Å². The summed E-state index contributed by atoms with van der Waals surface area (Å²) in [5, 5.41) is 2.24. The van der Waals surface area contributed by atoms with E-state index in [0.29, 0.717) is 23.4 Å². The van der Waals surface area contributed by atoms with Gasteiger partial charge in [0.25, 0.3) is 0 Å². The first kappa shape index (κ1) is 25.9. The predicted molar refractivity (Wildman–Crippen MR) is 158 cm³/mol. The van der Waals surface area contributed by atoms with Crippen LogP contribution in [0.2, 0.25) is 0 Å². The van der Waals surface area contributed by atoms with E-state index in [-0.39, 0.29) is 11.1 Å². The zero-order valence-electron chi connectivity index (χ0n) is 23.9. The maximum absolute atomic E-state index is 13.2. The maximum Gasteiger partial charge on any atom is 0.344 e. The third-order valence-electron chi connectivity index (χ3n) is 7.70.